The molecule has 1 aliphatic heterocycles. The molecule has 0 bridgehead atoms. The number of rotatable bonds is 7. The Hall–Kier alpha value is -2.80. The Labute approximate surface area is 171 Å². The molecule has 3 amide bonds. The van der Waals surface area contributed by atoms with E-state index >= 15 is 0 Å². The third kappa shape index (κ3) is 5.60. The second-order valence-corrected chi connectivity index (χ2v) is 7.66. The third-order valence-electron chi connectivity index (χ3n) is 5.26. The maximum absolute atomic E-state index is 12.3. The highest BCUT2D eigenvalue weighted by atomic mass is 16.3. The lowest BCUT2D eigenvalue weighted by atomic mass is 10.1. The Kier molecular flexibility index (Phi) is 6.93. The maximum Gasteiger partial charge on any atom is 0.315 e. The van der Waals surface area contributed by atoms with Crippen molar-refractivity contribution < 1.29 is 14.0 Å². The molecule has 1 aromatic carbocycles. The third-order valence-corrected chi connectivity index (χ3v) is 5.26. The Morgan fingerprint density at radius 2 is 1.79 bits per heavy atom. The summed E-state index contributed by atoms with van der Waals surface area (Å²) >= 11 is 0. The predicted octanol–water partition coefficient (Wildman–Crippen LogP) is 3.28. The van der Waals surface area contributed by atoms with E-state index in [1.165, 1.54) is 0 Å². The number of anilines is 1. The SMILES string of the molecule is Cc1cc(C)c(NC(=O)CNC(=O)NCC(c2ccco2)N2CCCC2)c(C)c1. The van der Waals surface area contributed by atoms with Gasteiger partial charge in [0.25, 0.3) is 0 Å². The molecule has 1 saturated heterocycles. The minimum atomic E-state index is -0.367. The summed E-state index contributed by atoms with van der Waals surface area (Å²) in [5.41, 5.74) is 3.97. The van der Waals surface area contributed by atoms with E-state index in [2.05, 4.69) is 20.9 Å². The molecule has 0 spiro atoms. The second-order valence-electron chi connectivity index (χ2n) is 7.66. The van der Waals surface area contributed by atoms with Crippen molar-refractivity contribution in [3.8, 4) is 0 Å². The van der Waals surface area contributed by atoms with Crippen molar-refractivity contribution in [1.82, 2.24) is 15.5 Å². The largest absolute Gasteiger partial charge is 0.468 e. The fourth-order valence-corrected chi connectivity index (χ4v) is 3.92. The first-order valence-corrected chi connectivity index (χ1v) is 10.1. The van der Waals surface area contributed by atoms with Gasteiger partial charge in [-0.25, -0.2) is 4.79 Å². The van der Waals surface area contributed by atoms with Crippen LogP contribution in [0, 0.1) is 20.8 Å². The molecule has 1 atom stereocenters. The lowest BCUT2D eigenvalue weighted by molar-refractivity contribution is -0.115. The van der Waals surface area contributed by atoms with E-state index in [9.17, 15) is 9.59 Å². The fraction of sp³-hybridized carbons (Fsp3) is 0.455. The van der Waals surface area contributed by atoms with Crippen LogP contribution in [0.25, 0.3) is 0 Å². The number of hydrogen-bond acceptors (Lipinski definition) is 4. The molecule has 0 saturated carbocycles. The average Bonchev–Trinajstić information content (AvgIpc) is 3.38. The molecule has 1 fully saturated rings. The monoisotopic (exact) mass is 398 g/mol. The van der Waals surface area contributed by atoms with Gasteiger partial charge in [-0.2, -0.15) is 0 Å². The molecule has 3 rings (SSSR count). The standard InChI is InChI=1S/C22H30N4O3/c1-15-11-16(2)21(17(3)12-15)25-20(27)14-24-22(28)23-13-18(19-7-6-10-29-19)26-8-4-5-9-26/h6-7,10-12,18H,4-5,8-9,13-14H2,1-3H3,(H,25,27)(H2,23,24,28). The van der Waals surface area contributed by atoms with Crippen LogP contribution in [0.4, 0.5) is 10.5 Å². The zero-order valence-electron chi connectivity index (χ0n) is 17.4. The van der Waals surface area contributed by atoms with Gasteiger partial charge in [0.1, 0.15) is 5.76 Å². The molecule has 3 N–H and O–H groups in total. The Balaban J connectivity index is 1.48. The van der Waals surface area contributed by atoms with Crippen molar-refractivity contribution >= 4 is 17.6 Å². The number of benzene rings is 1. The van der Waals surface area contributed by atoms with Crippen LogP contribution in [0.3, 0.4) is 0 Å². The van der Waals surface area contributed by atoms with Gasteiger partial charge in [-0.05, 0) is 70.0 Å². The molecular formula is C22H30N4O3. The van der Waals surface area contributed by atoms with Crippen molar-refractivity contribution in [2.75, 3.05) is 31.5 Å². The van der Waals surface area contributed by atoms with Gasteiger partial charge >= 0.3 is 6.03 Å². The van der Waals surface area contributed by atoms with Gasteiger partial charge in [-0.3, -0.25) is 9.69 Å². The summed E-state index contributed by atoms with van der Waals surface area (Å²) in [6.45, 7) is 8.27. The summed E-state index contributed by atoms with van der Waals surface area (Å²) < 4.78 is 5.56. The van der Waals surface area contributed by atoms with Crippen LogP contribution in [0.15, 0.2) is 34.9 Å². The summed E-state index contributed by atoms with van der Waals surface area (Å²) in [5, 5.41) is 8.39. The van der Waals surface area contributed by atoms with Gasteiger partial charge in [-0.15, -0.1) is 0 Å². The van der Waals surface area contributed by atoms with E-state index in [0.29, 0.717) is 6.54 Å². The number of aryl methyl sites for hydroxylation is 3. The van der Waals surface area contributed by atoms with Crippen LogP contribution in [0.1, 0.15) is 41.3 Å². The summed E-state index contributed by atoms with van der Waals surface area (Å²) in [5.74, 6) is 0.590. The molecule has 2 aromatic rings. The number of hydrogen-bond donors (Lipinski definition) is 3. The molecule has 0 radical (unpaired) electrons. The normalized spacial score (nSPS) is 15.1. The van der Waals surface area contributed by atoms with Crippen molar-refractivity contribution in [2.45, 2.75) is 39.7 Å². The van der Waals surface area contributed by atoms with Crippen LogP contribution >= 0.6 is 0 Å². The van der Waals surface area contributed by atoms with Crippen LogP contribution in [0.2, 0.25) is 0 Å². The summed E-state index contributed by atoms with van der Waals surface area (Å²) in [7, 11) is 0. The number of likely N-dealkylation sites (tertiary alicyclic amines) is 1. The van der Waals surface area contributed by atoms with Crippen molar-refractivity contribution in [3.63, 3.8) is 0 Å². The Morgan fingerprint density at radius 1 is 1.10 bits per heavy atom. The number of amides is 3. The fourth-order valence-electron chi connectivity index (χ4n) is 3.92. The van der Waals surface area contributed by atoms with Crippen LogP contribution < -0.4 is 16.0 Å². The first kappa shape index (κ1) is 20.9. The average molecular weight is 399 g/mol. The van der Waals surface area contributed by atoms with Gasteiger partial charge in [0.15, 0.2) is 0 Å². The highest BCUT2D eigenvalue weighted by Crippen LogP contribution is 2.25. The molecule has 1 aromatic heterocycles. The van der Waals surface area contributed by atoms with Gasteiger partial charge in [0.05, 0.1) is 18.8 Å². The Bertz CT molecular complexity index is 819. The van der Waals surface area contributed by atoms with Crippen molar-refractivity contribution in [2.24, 2.45) is 0 Å². The molecule has 7 nitrogen and oxygen atoms in total. The number of urea groups is 1. The molecule has 156 valence electrons. The number of nitrogens with zero attached hydrogens (tertiary/aromatic N) is 1. The number of furan rings is 1. The van der Waals surface area contributed by atoms with Gasteiger partial charge < -0.3 is 20.4 Å². The van der Waals surface area contributed by atoms with E-state index in [0.717, 1.165) is 54.1 Å². The van der Waals surface area contributed by atoms with Crippen LogP contribution in [-0.4, -0.2) is 43.0 Å². The number of nitrogens with one attached hydrogen (secondary N) is 3. The molecule has 1 aliphatic rings. The first-order valence-electron chi connectivity index (χ1n) is 10.1. The molecule has 0 aliphatic carbocycles. The minimum absolute atomic E-state index is 0.00457. The van der Waals surface area contributed by atoms with Gasteiger partial charge in [-0.1, -0.05) is 17.7 Å². The summed E-state index contributed by atoms with van der Waals surface area (Å²) in [6.07, 6.45) is 3.96. The van der Waals surface area contributed by atoms with E-state index in [1.54, 1.807) is 6.26 Å². The van der Waals surface area contributed by atoms with E-state index in [-0.39, 0.29) is 24.5 Å². The maximum atomic E-state index is 12.3. The van der Waals surface area contributed by atoms with E-state index in [1.807, 2.05) is 45.0 Å². The quantitative estimate of drug-likeness (QED) is 0.668. The molecule has 7 heteroatoms. The second kappa shape index (κ2) is 9.60. The number of carbonyl (C=O) groups excluding carboxylic acids is 2. The van der Waals surface area contributed by atoms with Crippen molar-refractivity contribution in [3.05, 3.63) is 53.0 Å². The lowest BCUT2D eigenvalue weighted by Gasteiger charge is -2.26. The number of carbonyl (C=O) groups is 2. The van der Waals surface area contributed by atoms with Gasteiger partial charge in [0.2, 0.25) is 5.91 Å². The van der Waals surface area contributed by atoms with Crippen molar-refractivity contribution in [1.29, 1.82) is 0 Å². The highest BCUT2D eigenvalue weighted by molar-refractivity contribution is 5.95. The predicted molar refractivity (Wildman–Crippen MR) is 113 cm³/mol. The molecule has 1 unspecified atom stereocenters. The first-order chi connectivity index (χ1) is 13.9. The molecule has 2 heterocycles. The lowest BCUT2D eigenvalue weighted by Crippen LogP contribution is -2.43. The summed E-state index contributed by atoms with van der Waals surface area (Å²) in [4.78, 5) is 26.8. The highest BCUT2D eigenvalue weighted by Gasteiger charge is 2.25. The molecule has 29 heavy (non-hydrogen) atoms. The zero-order valence-corrected chi connectivity index (χ0v) is 17.4. The topological polar surface area (TPSA) is 86.6 Å². The summed E-state index contributed by atoms with van der Waals surface area (Å²) in [6, 6.07) is 7.48. The zero-order chi connectivity index (χ0) is 20.8. The van der Waals surface area contributed by atoms with E-state index in [4.69, 9.17) is 4.42 Å². The minimum Gasteiger partial charge on any atom is -0.468 e. The smallest absolute Gasteiger partial charge is 0.315 e. The van der Waals surface area contributed by atoms with Crippen LogP contribution in [0.5, 0.6) is 0 Å². The Morgan fingerprint density at radius 3 is 2.41 bits per heavy atom. The van der Waals surface area contributed by atoms with Gasteiger partial charge in [0, 0.05) is 12.2 Å². The van der Waals surface area contributed by atoms with Crippen LogP contribution in [-0.2, 0) is 4.79 Å². The molecular weight excluding hydrogens is 368 g/mol. The van der Waals surface area contributed by atoms with E-state index < -0.39 is 0 Å².